The molecule has 7 nitrogen and oxygen atoms in total. The summed E-state index contributed by atoms with van der Waals surface area (Å²) in [6, 6.07) is 8.21. The van der Waals surface area contributed by atoms with E-state index in [-0.39, 0.29) is 18.7 Å². The normalized spacial score (nSPS) is 16.6. The van der Waals surface area contributed by atoms with Crippen LogP contribution in [0.15, 0.2) is 24.3 Å². The molecule has 0 spiro atoms. The first-order valence-electron chi connectivity index (χ1n) is 5.71. The minimum Gasteiger partial charge on any atom is -0.294 e. The molecular formula is C12H11N3O4S. The maximum Gasteiger partial charge on any atom is 0.241 e. The van der Waals surface area contributed by atoms with Gasteiger partial charge in [-0.1, -0.05) is 18.2 Å². The van der Waals surface area contributed by atoms with Crippen molar-refractivity contribution in [2.24, 2.45) is 0 Å². The fraction of sp³-hybridized carbons (Fsp3) is 0.250. The molecule has 1 saturated heterocycles. The highest BCUT2D eigenvalue weighted by Gasteiger charge is 2.32. The fourth-order valence-corrected chi connectivity index (χ4v) is 3.31. The molecular weight excluding hydrogens is 282 g/mol. The van der Waals surface area contributed by atoms with Gasteiger partial charge in [0.2, 0.25) is 21.8 Å². The lowest BCUT2D eigenvalue weighted by Gasteiger charge is -2.24. The van der Waals surface area contributed by atoms with Crippen LogP contribution in [0.1, 0.15) is 11.1 Å². The maximum absolute atomic E-state index is 12.2. The average molecular weight is 293 g/mol. The second kappa shape index (κ2) is 5.40. The highest BCUT2D eigenvalue weighted by Crippen LogP contribution is 2.15. The minimum atomic E-state index is -3.83. The van der Waals surface area contributed by atoms with Crippen molar-refractivity contribution >= 4 is 21.8 Å². The lowest BCUT2D eigenvalue weighted by atomic mass is 10.1. The topological polar surface area (TPSA) is 107 Å². The van der Waals surface area contributed by atoms with Gasteiger partial charge in [0, 0.05) is 0 Å². The Balaban J connectivity index is 2.25. The van der Waals surface area contributed by atoms with Gasteiger partial charge in [-0.15, -0.1) is 0 Å². The zero-order chi connectivity index (χ0) is 14.8. The third kappa shape index (κ3) is 3.01. The van der Waals surface area contributed by atoms with E-state index in [0.29, 0.717) is 5.56 Å². The summed E-state index contributed by atoms with van der Waals surface area (Å²) in [6.45, 7) is -0.772. The number of benzene rings is 1. The number of sulfonamides is 1. The second-order valence-electron chi connectivity index (χ2n) is 4.26. The van der Waals surface area contributed by atoms with E-state index in [1.807, 2.05) is 11.4 Å². The van der Waals surface area contributed by atoms with Gasteiger partial charge in [0.25, 0.3) is 0 Å². The van der Waals surface area contributed by atoms with Gasteiger partial charge < -0.3 is 0 Å². The molecule has 1 fully saturated rings. The highest BCUT2D eigenvalue weighted by atomic mass is 32.2. The molecule has 0 atom stereocenters. The molecule has 1 aliphatic rings. The van der Waals surface area contributed by atoms with E-state index >= 15 is 0 Å². The van der Waals surface area contributed by atoms with E-state index in [9.17, 15) is 18.0 Å². The van der Waals surface area contributed by atoms with Gasteiger partial charge in [0.05, 0.1) is 30.5 Å². The number of nitrogens with one attached hydrogen (secondary N) is 1. The number of rotatable bonds is 3. The number of piperazine rings is 1. The van der Waals surface area contributed by atoms with E-state index < -0.39 is 27.6 Å². The number of amides is 2. The molecule has 0 radical (unpaired) electrons. The third-order valence-corrected chi connectivity index (χ3v) is 4.51. The molecule has 2 rings (SSSR count). The summed E-state index contributed by atoms with van der Waals surface area (Å²) in [5.41, 5.74) is 0.595. The summed E-state index contributed by atoms with van der Waals surface area (Å²) in [5.74, 6) is -1.73. The number of hydrogen-bond donors (Lipinski definition) is 1. The van der Waals surface area contributed by atoms with Crippen molar-refractivity contribution in [1.82, 2.24) is 9.62 Å². The summed E-state index contributed by atoms with van der Waals surface area (Å²) >= 11 is 0. The molecule has 20 heavy (non-hydrogen) atoms. The third-order valence-electron chi connectivity index (χ3n) is 2.79. The molecule has 0 aliphatic carbocycles. The summed E-state index contributed by atoms with van der Waals surface area (Å²) in [5, 5.41) is 11.0. The lowest BCUT2D eigenvalue weighted by Crippen LogP contribution is -2.53. The van der Waals surface area contributed by atoms with Crippen molar-refractivity contribution in [3.8, 4) is 6.07 Å². The van der Waals surface area contributed by atoms with E-state index in [0.717, 1.165) is 4.31 Å². The Morgan fingerprint density at radius 2 is 1.80 bits per heavy atom. The number of hydrogen-bond acceptors (Lipinski definition) is 5. The molecule has 104 valence electrons. The molecule has 1 aliphatic heterocycles. The van der Waals surface area contributed by atoms with Crippen LogP contribution < -0.4 is 5.32 Å². The Hall–Kier alpha value is -2.24. The minimum absolute atomic E-state index is 0.254. The second-order valence-corrected chi connectivity index (χ2v) is 6.23. The Morgan fingerprint density at radius 1 is 1.20 bits per heavy atom. The largest absolute Gasteiger partial charge is 0.294 e. The van der Waals surface area contributed by atoms with E-state index in [2.05, 4.69) is 0 Å². The van der Waals surface area contributed by atoms with Gasteiger partial charge in [-0.3, -0.25) is 14.9 Å². The molecule has 1 aromatic rings. The smallest absolute Gasteiger partial charge is 0.241 e. The average Bonchev–Trinajstić information content (AvgIpc) is 2.38. The van der Waals surface area contributed by atoms with Gasteiger partial charge in [-0.05, 0) is 11.6 Å². The SMILES string of the molecule is N#Cc1ccccc1CS(=O)(=O)N1CC(=O)NC(=O)C1. The highest BCUT2D eigenvalue weighted by molar-refractivity contribution is 7.88. The van der Waals surface area contributed by atoms with Crippen LogP contribution in [0.4, 0.5) is 0 Å². The Morgan fingerprint density at radius 3 is 2.40 bits per heavy atom. The van der Waals surface area contributed by atoms with Crippen LogP contribution in [-0.4, -0.2) is 37.6 Å². The lowest BCUT2D eigenvalue weighted by molar-refractivity contribution is -0.134. The molecule has 0 saturated carbocycles. The summed E-state index contributed by atoms with van der Waals surface area (Å²) in [7, 11) is -3.83. The first kappa shape index (κ1) is 14.2. The molecule has 1 N–H and O–H groups in total. The first-order valence-corrected chi connectivity index (χ1v) is 7.32. The molecule has 0 bridgehead atoms. The number of carbonyl (C=O) groups excluding carboxylic acids is 2. The zero-order valence-corrected chi connectivity index (χ0v) is 11.2. The number of carbonyl (C=O) groups is 2. The Kier molecular flexibility index (Phi) is 3.83. The van der Waals surface area contributed by atoms with Crippen molar-refractivity contribution in [2.75, 3.05) is 13.1 Å². The van der Waals surface area contributed by atoms with E-state index in [1.165, 1.54) is 12.1 Å². The quantitative estimate of drug-likeness (QED) is 0.745. The van der Waals surface area contributed by atoms with Gasteiger partial charge in [-0.25, -0.2) is 8.42 Å². The van der Waals surface area contributed by atoms with Gasteiger partial charge in [0.15, 0.2) is 0 Å². The molecule has 1 heterocycles. The fourth-order valence-electron chi connectivity index (χ4n) is 1.85. The predicted molar refractivity (Wildman–Crippen MR) is 68.5 cm³/mol. The number of imide groups is 1. The van der Waals surface area contributed by atoms with Crippen molar-refractivity contribution in [3.05, 3.63) is 35.4 Å². The standard InChI is InChI=1S/C12H11N3O4S/c13-5-9-3-1-2-4-10(9)8-20(18,19)15-6-11(16)14-12(17)7-15/h1-4H,6-8H2,(H,14,16,17). The van der Waals surface area contributed by atoms with Crippen LogP contribution in [-0.2, 0) is 25.4 Å². The Bertz CT molecular complexity index is 690. The number of nitrogens with zero attached hydrogens (tertiary/aromatic N) is 2. The molecule has 8 heteroatoms. The van der Waals surface area contributed by atoms with Crippen LogP contribution in [0.25, 0.3) is 0 Å². The van der Waals surface area contributed by atoms with Crippen LogP contribution in [0.3, 0.4) is 0 Å². The van der Waals surface area contributed by atoms with Gasteiger partial charge >= 0.3 is 0 Å². The van der Waals surface area contributed by atoms with Crippen molar-refractivity contribution in [3.63, 3.8) is 0 Å². The van der Waals surface area contributed by atoms with Crippen molar-refractivity contribution < 1.29 is 18.0 Å². The van der Waals surface area contributed by atoms with Crippen molar-refractivity contribution in [2.45, 2.75) is 5.75 Å². The van der Waals surface area contributed by atoms with Crippen LogP contribution in [0.2, 0.25) is 0 Å². The molecule has 2 amide bonds. The van der Waals surface area contributed by atoms with Crippen LogP contribution >= 0.6 is 0 Å². The predicted octanol–water partition coefficient (Wildman–Crippen LogP) is -0.654. The van der Waals surface area contributed by atoms with Gasteiger partial charge in [0.1, 0.15) is 0 Å². The number of nitriles is 1. The first-order chi connectivity index (χ1) is 9.42. The molecule has 1 aromatic carbocycles. The monoisotopic (exact) mass is 293 g/mol. The van der Waals surface area contributed by atoms with E-state index in [4.69, 9.17) is 5.26 Å². The zero-order valence-electron chi connectivity index (χ0n) is 10.4. The summed E-state index contributed by atoms with van der Waals surface area (Å²) in [6.07, 6.45) is 0. The molecule has 0 unspecified atom stereocenters. The van der Waals surface area contributed by atoms with Crippen LogP contribution in [0, 0.1) is 11.3 Å². The summed E-state index contributed by atoms with van der Waals surface area (Å²) in [4.78, 5) is 22.4. The Labute approximate surface area is 115 Å². The van der Waals surface area contributed by atoms with Crippen LogP contribution in [0.5, 0.6) is 0 Å². The van der Waals surface area contributed by atoms with Crippen molar-refractivity contribution in [1.29, 1.82) is 5.26 Å². The van der Waals surface area contributed by atoms with Gasteiger partial charge in [-0.2, -0.15) is 9.57 Å². The van der Waals surface area contributed by atoms with E-state index in [1.54, 1.807) is 12.1 Å². The summed E-state index contributed by atoms with van der Waals surface area (Å²) < 4.78 is 25.2. The molecule has 0 aromatic heterocycles. The maximum atomic E-state index is 12.2.